The van der Waals surface area contributed by atoms with Gasteiger partial charge in [-0.3, -0.25) is 9.80 Å². The van der Waals surface area contributed by atoms with Crippen LogP contribution in [0.1, 0.15) is 45.4 Å². The molecule has 0 saturated carbocycles. The van der Waals surface area contributed by atoms with Gasteiger partial charge in [-0.15, -0.1) is 0 Å². The number of rotatable bonds is 9. The van der Waals surface area contributed by atoms with Gasteiger partial charge in [0.25, 0.3) is 0 Å². The molecule has 0 aromatic rings. The van der Waals surface area contributed by atoms with Gasteiger partial charge < -0.3 is 5.73 Å². The number of hydrogen-bond donors (Lipinski definition) is 1. The van der Waals surface area contributed by atoms with E-state index < -0.39 is 12.7 Å². The predicted octanol–water partition coefficient (Wildman–Crippen LogP) is 2.85. The number of hydrogen-bond acceptors (Lipinski definition) is 3. The van der Waals surface area contributed by atoms with Crippen molar-refractivity contribution in [2.45, 2.75) is 57.7 Å². The maximum atomic E-state index is 12.4. The highest BCUT2D eigenvalue weighted by molar-refractivity contribution is 4.80. The molecule has 0 amide bonds. The fourth-order valence-electron chi connectivity index (χ4n) is 2.97. The molecule has 0 spiro atoms. The molecule has 6 heteroatoms. The molecule has 1 heterocycles. The van der Waals surface area contributed by atoms with Gasteiger partial charge in [0.1, 0.15) is 0 Å². The fraction of sp³-hybridized carbons (Fsp3) is 1.00. The molecule has 2 N–H and O–H groups in total. The number of nitrogens with two attached hydrogens (primary N) is 1. The smallest absolute Gasteiger partial charge is 0.329 e. The first-order valence-corrected chi connectivity index (χ1v) is 8.19. The van der Waals surface area contributed by atoms with E-state index in [9.17, 15) is 13.2 Å². The van der Waals surface area contributed by atoms with Crippen LogP contribution in [-0.2, 0) is 0 Å². The molecule has 1 atom stereocenters. The van der Waals surface area contributed by atoms with E-state index >= 15 is 0 Å². The SMILES string of the molecule is CCCCCCCC(CN)N1CCN(CC(F)(F)F)CC1. The molecular weight excluding hydrogens is 279 g/mol. The van der Waals surface area contributed by atoms with Crippen LogP contribution in [0.4, 0.5) is 13.2 Å². The Morgan fingerprint density at radius 1 is 1.00 bits per heavy atom. The van der Waals surface area contributed by atoms with E-state index in [1.165, 1.54) is 37.0 Å². The van der Waals surface area contributed by atoms with E-state index in [2.05, 4.69) is 11.8 Å². The Kier molecular flexibility index (Phi) is 8.59. The lowest BCUT2D eigenvalue weighted by molar-refractivity contribution is -0.149. The third-order valence-electron chi connectivity index (χ3n) is 4.24. The molecule has 21 heavy (non-hydrogen) atoms. The van der Waals surface area contributed by atoms with Crippen LogP contribution < -0.4 is 5.73 Å². The first-order valence-electron chi connectivity index (χ1n) is 8.19. The largest absolute Gasteiger partial charge is 0.401 e. The first kappa shape index (κ1) is 18.7. The molecule has 1 fully saturated rings. The zero-order valence-electron chi connectivity index (χ0n) is 13.2. The fourth-order valence-corrected chi connectivity index (χ4v) is 2.97. The second-order valence-corrected chi connectivity index (χ2v) is 6.02. The lowest BCUT2D eigenvalue weighted by Crippen LogP contribution is -2.53. The molecule has 3 nitrogen and oxygen atoms in total. The van der Waals surface area contributed by atoms with Gasteiger partial charge in [-0.05, 0) is 6.42 Å². The first-order chi connectivity index (χ1) is 9.96. The van der Waals surface area contributed by atoms with Crippen LogP contribution in [0.5, 0.6) is 0 Å². The predicted molar refractivity (Wildman–Crippen MR) is 80.3 cm³/mol. The quantitative estimate of drug-likeness (QED) is 0.665. The lowest BCUT2D eigenvalue weighted by Gasteiger charge is -2.39. The normalized spacial score (nSPS) is 19.9. The maximum Gasteiger partial charge on any atom is 0.401 e. The average Bonchev–Trinajstić information content (AvgIpc) is 2.42. The van der Waals surface area contributed by atoms with Crippen molar-refractivity contribution in [1.29, 1.82) is 0 Å². The van der Waals surface area contributed by atoms with Crippen molar-refractivity contribution < 1.29 is 13.2 Å². The zero-order valence-corrected chi connectivity index (χ0v) is 13.2. The highest BCUT2D eigenvalue weighted by Crippen LogP contribution is 2.19. The molecule has 1 aliphatic heterocycles. The second-order valence-electron chi connectivity index (χ2n) is 6.02. The van der Waals surface area contributed by atoms with Gasteiger partial charge in [0.05, 0.1) is 6.54 Å². The Balaban J connectivity index is 2.23. The minimum absolute atomic E-state index is 0.333. The Hall–Kier alpha value is -0.330. The molecule has 0 aliphatic carbocycles. The highest BCUT2D eigenvalue weighted by atomic mass is 19.4. The van der Waals surface area contributed by atoms with Crippen LogP contribution >= 0.6 is 0 Å². The summed E-state index contributed by atoms with van der Waals surface area (Å²) in [6.45, 7) is 4.40. The zero-order chi connectivity index (χ0) is 15.7. The van der Waals surface area contributed by atoms with Crippen LogP contribution in [0.25, 0.3) is 0 Å². The van der Waals surface area contributed by atoms with Gasteiger partial charge in [0.2, 0.25) is 0 Å². The van der Waals surface area contributed by atoms with E-state index in [4.69, 9.17) is 5.73 Å². The summed E-state index contributed by atoms with van der Waals surface area (Å²) in [4.78, 5) is 3.76. The van der Waals surface area contributed by atoms with Gasteiger partial charge in [0.15, 0.2) is 0 Å². The summed E-state index contributed by atoms with van der Waals surface area (Å²) in [5.74, 6) is 0. The molecule has 126 valence electrons. The van der Waals surface area contributed by atoms with Crippen molar-refractivity contribution in [3.05, 3.63) is 0 Å². The minimum atomic E-state index is -4.09. The van der Waals surface area contributed by atoms with Crippen molar-refractivity contribution >= 4 is 0 Å². The number of nitrogens with zero attached hydrogens (tertiary/aromatic N) is 2. The Labute approximate surface area is 126 Å². The number of alkyl halides is 3. The Bertz CT molecular complexity index is 263. The molecule has 1 saturated heterocycles. The summed E-state index contributed by atoms with van der Waals surface area (Å²) in [6.07, 6.45) is 3.18. The lowest BCUT2D eigenvalue weighted by atomic mass is 10.0. The van der Waals surface area contributed by atoms with Crippen LogP contribution in [0.3, 0.4) is 0 Å². The monoisotopic (exact) mass is 309 g/mol. The summed E-state index contributed by atoms with van der Waals surface area (Å²) in [7, 11) is 0. The van der Waals surface area contributed by atoms with Crippen molar-refractivity contribution in [3.8, 4) is 0 Å². The summed E-state index contributed by atoms with van der Waals surface area (Å²) in [5.41, 5.74) is 5.85. The summed E-state index contributed by atoms with van der Waals surface area (Å²) in [6, 6.07) is 0.333. The van der Waals surface area contributed by atoms with Gasteiger partial charge >= 0.3 is 6.18 Å². The van der Waals surface area contributed by atoms with Crippen LogP contribution in [-0.4, -0.2) is 61.3 Å². The molecule has 1 unspecified atom stereocenters. The standard InChI is InChI=1S/C15H30F3N3/c1-2-3-4-5-6-7-14(12-19)21-10-8-20(9-11-21)13-15(16,17)18/h14H,2-13,19H2,1H3. The van der Waals surface area contributed by atoms with E-state index in [1.807, 2.05) is 0 Å². The van der Waals surface area contributed by atoms with Crippen LogP contribution in [0.2, 0.25) is 0 Å². The van der Waals surface area contributed by atoms with Crippen LogP contribution in [0.15, 0.2) is 0 Å². The molecular formula is C15H30F3N3. The van der Waals surface area contributed by atoms with Crippen molar-refractivity contribution in [2.75, 3.05) is 39.3 Å². The van der Waals surface area contributed by atoms with E-state index in [0.717, 1.165) is 6.42 Å². The van der Waals surface area contributed by atoms with Crippen molar-refractivity contribution in [1.82, 2.24) is 9.80 Å². The number of halogens is 3. The summed E-state index contributed by atoms with van der Waals surface area (Å²) in [5, 5.41) is 0. The summed E-state index contributed by atoms with van der Waals surface area (Å²) >= 11 is 0. The molecule has 0 aromatic heterocycles. The highest BCUT2D eigenvalue weighted by Gasteiger charge is 2.32. The van der Waals surface area contributed by atoms with Crippen molar-refractivity contribution in [3.63, 3.8) is 0 Å². The molecule has 0 bridgehead atoms. The maximum absolute atomic E-state index is 12.4. The topological polar surface area (TPSA) is 32.5 Å². The van der Waals surface area contributed by atoms with Gasteiger partial charge in [-0.2, -0.15) is 13.2 Å². The minimum Gasteiger partial charge on any atom is -0.329 e. The molecule has 1 rings (SSSR count). The van der Waals surface area contributed by atoms with Crippen molar-refractivity contribution in [2.24, 2.45) is 5.73 Å². The molecule has 1 aliphatic rings. The number of piperazine rings is 1. The van der Waals surface area contributed by atoms with E-state index in [1.54, 1.807) is 0 Å². The second kappa shape index (κ2) is 9.64. The third kappa shape index (κ3) is 8.02. The summed E-state index contributed by atoms with van der Waals surface area (Å²) < 4.78 is 37.1. The Morgan fingerprint density at radius 3 is 2.14 bits per heavy atom. The van der Waals surface area contributed by atoms with Crippen LogP contribution in [0, 0.1) is 0 Å². The molecule has 0 aromatic carbocycles. The average molecular weight is 309 g/mol. The van der Waals surface area contributed by atoms with E-state index in [0.29, 0.717) is 38.8 Å². The molecule has 0 radical (unpaired) electrons. The van der Waals surface area contributed by atoms with E-state index in [-0.39, 0.29) is 0 Å². The van der Waals surface area contributed by atoms with Gasteiger partial charge in [0, 0.05) is 38.8 Å². The third-order valence-corrected chi connectivity index (χ3v) is 4.24. The van der Waals surface area contributed by atoms with Gasteiger partial charge in [-0.1, -0.05) is 39.0 Å². The van der Waals surface area contributed by atoms with Gasteiger partial charge in [-0.25, -0.2) is 0 Å². The Morgan fingerprint density at radius 2 is 1.62 bits per heavy atom. The number of unbranched alkanes of at least 4 members (excludes halogenated alkanes) is 4.